The second-order valence-electron chi connectivity index (χ2n) is 9.40. The molecule has 0 saturated heterocycles. The number of Topliss-reactive ketones (excluding diaryl/α,β-unsaturated/α-hetero) is 1. The lowest BCUT2D eigenvalue weighted by Crippen LogP contribution is -2.38. The van der Waals surface area contributed by atoms with E-state index in [1.54, 1.807) is 0 Å². The first-order chi connectivity index (χ1) is 16.5. The van der Waals surface area contributed by atoms with Gasteiger partial charge in [-0.25, -0.2) is 0 Å². The lowest BCUT2D eigenvalue weighted by atomic mass is 9.78. The van der Waals surface area contributed by atoms with E-state index in [0.717, 1.165) is 34.6 Å². The normalized spacial score (nSPS) is 19.7. The molecule has 0 spiro atoms. The molecule has 2 unspecified atom stereocenters. The Bertz CT molecular complexity index is 1270. The number of amides is 1. The van der Waals surface area contributed by atoms with Crippen molar-refractivity contribution in [1.82, 2.24) is 0 Å². The summed E-state index contributed by atoms with van der Waals surface area (Å²) in [7, 11) is 0. The number of anilines is 2. The van der Waals surface area contributed by atoms with Gasteiger partial charge >= 0.3 is 0 Å². The van der Waals surface area contributed by atoms with E-state index in [1.807, 2.05) is 55.1 Å². The number of para-hydroxylation sites is 2. The summed E-state index contributed by atoms with van der Waals surface area (Å²) in [6.45, 7) is 6.00. The average Bonchev–Trinajstić information content (AvgIpc) is 2.99. The monoisotopic (exact) mass is 450 g/mol. The zero-order valence-corrected chi connectivity index (χ0v) is 20.0. The second-order valence-corrected chi connectivity index (χ2v) is 9.40. The third kappa shape index (κ3) is 3.94. The Labute approximate surface area is 201 Å². The van der Waals surface area contributed by atoms with Crippen molar-refractivity contribution in [1.29, 1.82) is 0 Å². The maximum atomic E-state index is 13.9. The maximum Gasteiger partial charge on any atom is 0.227 e. The smallest absolute Gasteiger partial charge is 0.227 e. The van der Waals surface area contributed by atoms with Crippen molar-refractivity contribution >= 4 is 23.1 Å². The molecule has 34 heavy (non-hydrogen) atoms. The number of hydrogen-bond acceptors (Lipinski definition) is 3. The summed E-state index contributed by atoms with van der Waals surface area (Å²) < 4.78 is 0. The zero-order valence-electron chi connectivity index (χ0n) is 20.0. The van der Waals surface area contributed by atoms with Gasteiger partial charge in [-0.1, -0.05) is 78.7 Å². The summed E-state index contributed by atoms with van der Waals surface area (Å²) in [5.41, 5.74) is 7.81. The van der Waals surface area contributed by atoms with Crippen molar-refractivity contribution in [2.75, 3.05) is 10.2 Å². The summed E-state index contributed by atoms with van der Waals surface area (Å²) >= 11 is 0. The summed E-state index contributed by atoms with van der Waals surface area (Å²) in [6, 6.07) is 24.1. The number of carbonyl (C=O) groups is 2. The number of carbonyl (C=O) groups excluding carboxylic acids is 2. The van der Waals surface area contributed by atoms with Crippen LogP contribution in [0.15, 0.2) is 84.1 Å². The van der Waals surface area contributed by atoms with Crippen molar-refractivity contribution in [3.05, 3.63) is 106 Å². The van der Waals surface area contributed by atoms with Gasteiger partial charge in [0.25, 0.3) is 0 Å². The molecule has 1 heterocycles. The van der Waals surface area contributed by atoms with Crippen molar-refractivity contribution in [3.63, 3.8) is 0 Å². The van der Waals surface area contributed by atoms with Crippen LogP contribution in [0, 0.1) is 13.8 Å². The van der Waals surface area contributed by atoms with Crippen LogP contribution in [0.2, 0.25) is 0 Å². The molecule has 1 aliphatic carbocycles. The number of ketones is 1. The van der Waals surface area contributed by atoms with Crippen LogP contribution in [0.4, 0.5) is 11.4 Å². The van der Waals surface area contributed by atoms with Crippen molar-refractivity contribution < 1.29 is 9.59 Å². The topological polar surface area (TPSA) is 49.4 Å². The number of nitrogens with zero attached hydrogens (tertiary/aromatic N) is 1. The highest BCUT2D eigenvalue weighted by atomic mass is 16.2. The Morgan fingerprint density at radius 2 is 1.50 bits per heavy atom. The highest BCUT2D eigenvalue weighted by Crippen LogP contribution is 2.47. The number of hydrogen-bond donors (Lipinski definition) is 1. The van der Waals surface area contributed by atoms with E-state index in [0.29, 0.717) is 18.4 Å². The Hall–Kier alpha value is -3.66. The Morgan fingerprint density at radius 3 is 2.15 bits per heavy atom. The lowest BCUT2D eigenvalue weighted by molar-refractivity contribution is -0.119. The number of benzene rings is 3. The van der Waals surface area contributed by atoms with E-state index in [2.05, 4.69) is 48.6 Å². The molecular formula is C30H30N2O2. The first-order valence-corrected chi connectivity index (χ1v) is 12.0. The molecule has 172 valence electrons. The van der Waals surface area contributed by atoms with E-state index in [4.69, 9.17) is 0 Å². The van der Waals surface area contributed by atoms with E-state index in [9.17, 15) is 9.59 Å². The Kier molecular flexibility index (Phi) is 5.82. The van der Waals surface area contributed by atoms with Gasteiger partial charge in [-0.15, -0.1) is 0 Å². The van der Waals surface area contributed by atoms with E-state index < -0.39 is 6.04 Å². The van der Waals surface area contributed by atoms with Gasteiger partial charge < -0.3 is 5.32 Å². The van der Waals surface area contributed by atoms with Crippen LogP contribution in [0.1, 0.15) is 60.4 Å². The van der Waals surface area contributed by atoms with Gasteiger partial charge in [0.2, 0.25) is 5.91 Å². The maximum absolute atomic E-state index is 13.9. The van der Waals surface area contributed by atoms with E-state index in [-0.39, 0.29) is 17.6 Å². The Morgan fingerprint density at radius 1 is 0.882 bits per heavy atom. The number of fused-ring (bicyclic) bond motifs is 1. The van der Waals surface area contributed by atoms with Crippen LogP contribution in [0.25, 0.3) is 0 Å². The van der Waals surface area contributed by atoms with Gasteiger partial charge in [0.15, 0.2) is 5.78 Å². The van der Waals surface area contributed by atoms with Crippen LogP contribution in [0.5, 0.6) is 0 Å². The molecule has 3 aromatic rings. The molecule has 5 rings (SSSR count). The fraction of sp³-hybridized carbons (Fsp3) is 0.267. The molecule has 1 amide bonds. The number of allylic oxidation sites excluding steroid dienone is 1. The van der Waals surface area contributed by atoms with Crippen molar-refractivity contribution in [2.45, 2.75) is 52.0 Å². The van der Waals surface area contributed by atoms with Gasteiger partial charge in [-0.3, -0.25) is 14.5 Å². The predicted octanol–water partition coefficient (Wildman–Crippen LogP) is 6.61. The highest BCUT2D eigenvalue weighted by molar-refractivity contribution is 6.06. The average molecular weight is 451 g/mol. The second kappa shape index (κ2) is 8.94. The predicted molar refractivity (Wildman–Crippen MR) is 137 cm³/mol. The fourth-order valence-corrected chi connectivity index (χ4v) is 5.17. The largest absolute Gasteiger partial charge is 0.357 e. The molecular weight excluding hydrogens is 420 g/mol. The molecule has 0 bridgehead atoms. The summed E-state index contributed by atoms with van der Waals surface area (Å²) in [4.78, 5) is 29.1. The molecule has 0 radical (unpaired) electrons. The minimum atomic E-state index is -0.453. The first kappa shape index (κ1) is 22.1. The molecule has 4 heteroatoms. The number of rotatable bonds is 3. The lowest BCUT2D eigenvalue weighted by Gasteiger charge is -2.35. The summed E-state index contributed by atoms with van der Waals surface area (Å²) in [6.07, 6.45) is 1.53. The molecule has 2 aliphatic rings. The standard InChI is InChI=1S/C30H30N2O2/c1-4-28(34)32-26-8-6-5-7-24(26)31-25-17-23(21-13-9-19(2)10-14-21)18-27(33)29(25)30(32)22-15-11-20(3)12-16-22/h5-16,23,30-31H,4,17-18H2,1-3H3. The minimum Gasteiger partial charge on any atom is -0.357 e. The third-order valence-corrected chi connectivity index (χ3v) is 7.00. The number of nitrogens with one attached hydrogen (secondary N) is 1. The van der Waals surface area contributed by atoms with Gasteiger partial charge in [-0.05, 0) is 49.4 Å². The number of aryl methyl sites for hydroxylation is 2. The van der Waals surface area contributed by atoms with Gasteiger partial charge in [0.1, 0.15) is 0 Å². The quantitative estimate of drug-likeness (QED) is 0.488. The van der Waals surface area contributed by atoms with Crippen molar-refractivity contribution in [3.8, 4) is 0 Å². The van der Waals surface area contributed by atoms with E-state index >= 15 is 0 Å². The van der Waals surface area contributed by atoms with Gasteiger partial charge in [-0.2, -0.15) is 0 Å². The molecule has 0 saturated carbocycles. The van der Waals surface area contributed by atoms with Crippen LogP contribution in [0.3, 0.4) is 0 Å². The van der Waals surface area contributed by atoms with Gasteiger partial charge in [0.05, 0.1) is 17.4 Å². The summed E-state index contributed by atoms with van der Waals surface area (Å²) in [5, 5.41) is 3.59. The van der Waals surface area contributed by atoms with Crippen molar-refractivity contribution in [2.24, 2.45) is 0 Å². The SMILES string of the molecule is CCC(=O)N1c2ccccc2NC2=C(C(=O)CC(c3ccc(C)cc3)C2)C1c1ccc(C)cc1. The minimum absolute atomic E-state index is 0.00188. The van der Waals surface area contributed by atoms with Crippen LogP contribution in [-0.2, 0) is 9.59 Å². The zero-order chi connectivity index (χ0) is 23.8. The fourth-order valence-electron chi connectivity index (χ4n) is 5.17. The summed E-state index contributed by atoms with van der Waals surface area (Å²) in [5.74, 6) is 0.215. The van der Waals surface area contributed by atoms with Gasteiger partial charge in [0, 0.05) is 24.1 Å². The van der Waals surface area contributed by atoms with Crippen LogP contribution < -0.4 is 10.2 Å². The van der Waals surface area contributed by atoms with Crippen LogP contribution >= 0.6 is 0 Å². The third-order valence-electron chi connectivity index (χ3n) is 7.00. The molecule has 1 N–H and O–H groups in total. The Balaban J connectivity index is 1.69. The van der Waals surface area contributed by atoms with Crippen LogP contribution in [-0.4, -0.2) is 11.7 Å². The molecule has 3 aromatic carbocycles. The molecule has 0 fully saturated rings. The highest BCUT2D eigenvalue weighted by Gasteiger charge is 2.41. The molecule has 2 atom stereocenters. The first-order valence-electron chi connectivity index (χ1n) is 12.0. The molecule has 4 nitrogen and oxygen atoms in total. The van der Waals surface area contributed by atoms with E-state index in [1.165, 1.54) is 11.1 Å². The molecule has 0 aromatic heterocycles. The molecule has 1 aliphatic heterocycles.